The molecular weight excluding hydrogens is 387 g/mol. The van der Waals surface area contributed by atoms with Gasteiger partial charge in [-0.25, -0.2) is 0 Å². The van der Waals surface area contributed by atoms with E-state index in [0.717, 1.165) is 41.7 Å². The van der Waals surface area contributed by atoms with Gasteiger partial charge in [-0.15, -0.1) is 0 Å². The Bertz CT molecular complexity index is 907. The van der Waals surface area contributed by atoms with Gasteiger partial charge in [0.25, 0.3) is 0 Å². The molecule has 0 bridgehead atoms. The Morgan fingerprint density at radius 3 is 1.93 bits per heavy atom. The molecule has 3 aromatic carbocycles. The molecule has 0 spiro atoms. The Kier molecular flexibility index (Phi) is 6.83. The second-order valence-corrected chi connectivity index (χ2v) is 8.13. The van der Waals surface area contributed by atoms with Crippen molar-refractivity contribution >= 4 is 0 Å². The molecule has 0 radical (unpaired) electrons. The van der Waals surface area contributed by atoms with E-state index in [0.29, 0.717) is 5.75 Å². The zero-order valence-corrected chi connectivity index (χ0v) is 17.3. The Morgan fingerprint density at radius 1 is 0.800 bits per heavy atom. The van der Waals surface area contributed by atoms with Crippen molar-refractivity contribution in [2.75, 3.05) is 20.6 Å². The normalized spacial score (nSPS) is 13.1. The van der Waals surface area contributed by atoms with Crippen molar-refractivity contribution in [3.8, 4) is 5.75 Å². The quantitative estimate of drug-likeness (QED) is 0.383. The van der Waals surface area contributed by atoms with Gasteiger partial charge in [0.2, 0.25) is 0 Å². The van der Waals surface area contributed by atoms with Crippen molar-refractivity contribution < 1.29 is 22.4 Å². The predicted octanol–water partition coefficient (Wildman–Crippen LogP) is 6.49. The molecule has 2 nitrogen and oxygen atoms in total. The summed E-state index contributed by atoms with van der Waals surface area (Å²) in [6.07, 6.45) is -3.85. The highest BCUT2D eigenvalue weighted by Gasteiger charge is 2.30. The fourth-order valence-corrected chi connectivity index (χ4v) is 3.47. The van der Waals surface area contributed by atoms with Crippen LogP contribution in [0, 0.1) is 0 Å². The van der Waals surface area contributed by atoms with Crippen LogP contribution >= 0.6 is 0 Å². The lowest BCUT2D eigenvalue weighted by atomic mass is 10.1. The van der Waals surface area contributed by atoms with Gasteiger partial charge in [-0.1, -0.05) is 60.7 Å². The molecule has 3 aromatic rings. The van der Waals surface area contributed by atoms with Crippen molar-refractivity contribution in [3.05, 3.63) is 102 Å². The van der Waals surface area contributed by atoms with Gasteiger partial charge in [0.05, 0.1) is 26.2 Å². The van der Waals surface area contributed by atoms with Gasteiger partial charge in [-0.05, 0) is 29.8 Å². The summed E-state index contributed by atoms with van der Waals surface area (Å²) in [5.74, 6) is 0.435. The summed E-state index contributed by atoms with van der Waals surface area (Å²) in [7, 11) is 4.35. The Balaban J connectivity index is 1.72. The first-order valence-corrected chi connectivity index (χ1v) is 9.98. The Morgan fingerprint density at radius 2 is 1.37 bits per heavy atom. The fourth-order valence-electron chi connectivity index (χ4n) is 3.47. The van der Waals surface area contributed by atoms with Crippen molar-refractivity contribution in [2.45, 2.75) is 25.2 Å². The first-order chi connectivity index (χ1) is 14.2. The molecule has 0 saturated heterocycles. The monoisotopic (exact) mass is 414 g/mol. The highest BCUT2D eigenvalue weighted by Crippen LogP contribution is 2.32. The molecule has 5 heteroatoms. The van der Waals surface area contributed by atoms with Crippen LogP contribution in [0.5, 0.6) is 5.75 Å². The molecule has 0 saturated carbocycles. The molecule has 0 amide bonds. The van der Waals surface area contributed by atoms with E-state index in [9.17, 15) is 13.2 Å². The van der Waals surface area contributed by atoms with Crippen LogP contribution in [-0.2, 0) is 12.7 Å². The summed E-state index contributed by atoms with van der Waals surface area (Å²) in [6.45, 7) is 1.75. The van der Waals surface area contributed by atoms with Crippen LogP contribution in [0.4, 0.5) is 13.2 Å². The maximum Gasteiger partial charge on any atom is 0.416 e. The molecule has 3 rings (SSSR count). The lowest BCUT2D eigenvalue weighted by Crippen LogP contribution is -2.40. The third kappa shape index (κ3) is 6.36. The van der Waals surface area contributed by atoms with Crippen molar-refractivity contribution in [1.82, 2.24) is 0 Å². The van der Waals surface area contributed by atoms with Crippen LogP contribution in [0.15, 0.2) is 84.9 Å². The molecule has 0 heterocycles. The van der Waals surface area contributed by atoms with E-state index < -0.39 is 11.7 Å². The van der Waals surface area contributed by atoms with E-state index in [1.54, 1.807) is 0 Å². The van der Waals surface area contributed by atoms with Gasteiger partial charge < -0.3 is 9.22 Å². The average Bonchev–Trinajstić information content (AvgIpc) is 2.72. The summed E-state index contributed by atoms with van der Waals surface area (Å²) in [5.41, 5.74) is 1.60. The highest BCUT2D eigenvalue weighted by molar-refractivity contribution is 5.30. The van der Waals surface area contributed by atoms with Crippen LogP contribution in [0.25, 0.3) is 0 Å². The molecule has 0 aliphatic rings. The molecule has 30 heavy (non-hydrogen) atoms. The van der Waals surface area contributed by atoms with Crippen LogP contribution < -0.4 is 4.74 Å². The summed E-state index contributed by atoms with van der Waals surface area (Å²) in [4.78, 5) is 0. The second-order valence-electron chi connectivity index (χ2n) is 8.13. The number of halogens is 3. The topological polar surface area (TPSA) is 9.23 Å². The number of alkyl halides is 3. The minimum absolute atomic E-state index is 0.240. The van der Waals surface area contributed by atoms with Gasteiger partial charge in [-0.2, -0.15) is 13.2 Å². The number of ether oxygens (including phenoxy) is 1. The molecule has 158 valence electrons. The second kappa shape index (κ2) is 9.35. The van der Waals surface area contributed by atoms with Crippen LogP contribution in [-0.4, -0.2) is 25.1 Å². The van der Waals surface area contributed by atoms with E-state index in [1.165, 1.54) is 17.7 Å². The van der Waals surface area contributed by atoms with Crippen LogP contribution in [0.3, 0.4) is 0 Å². The van der Waals surface area contributed by atoms with Crippen molar-refractivity contribution in [2.24, 2.45) is 0 Å². The van der Waals surface area contributed by atoms with Crippen molar-refractivity contribution in [3.63, 3.8) is 0 Å². The van der Waals surface area contributed by atoms with E-state index >= 15 is 0 Å². The van der Waals surface area contributed by atoms with E-state index in [4.69, 9.17) is 4.74 Å². The third-order valence-corrected chi connectivity index (χ3v) is 5.08. The SMILES string of the molecule is C[N+](C)(CCC(Oc1ccc(C(F)(F)F)cc1)c1ccccc1)Cc1ccccc1. The van der Waals surface area contributed by atoms with E-state index in [2.05, 4.69) is 26.2 Å². The van der Waals surface area contributed by atoms with Crippen molar-refractivity contribution in [1.29, 1.82) is 0 Å². The highest BCUT2D eigenvalue weighted by atomic mass is 19.4. The third-order valence-electron chi connectivity index (χ3n) is 5.08. The summed E-state index contributed by atoms with van der Waals surface area (Å²) < 4.78 is 45.4. The van der Waals surface area contributed by atoms with Gasteiger partial charge in [-0.3, -0.25) is 0 Å². The number of benzene rings is 3. The standard InChI is InChI=1S/C25H27F3NO/c1-29(2,19-20-9-5-3-6-10-20)18-17-24(21-11-7-4-8-12-21)30-23-15-13-22(14-16-23)25(26,27)28/h3-16,24H,17-19H2,1-2H3/q+1. The Labute approximate surface area is 176 Å². The maximum atomic E-state index is 12.8. The van der Waals surface area contributed by atoms with E-state index in [-0.39, 0.29) is 6.10 Å². The van der Waals surface area contributed by atoms with Gasteiger partial charge in [0.1, 0.15) is 18.4 Å². The van der Waals surface area contributed by atoms with Gasteiger partial charge >= 0.3 is 6.18 Å². The largest absolute Gasteiger partial charge is 0.486 e. The van der Waals surface area contributed by atoms with Gasteiger partial charge in [0.15, 0.2) is 0 Å². The minimum atomic E-state index is -4.35. The number of hydrogen-bond donors (Lipinski definition) is 0. The van der Waals surface area contributed by atoms with Crippen LogP contribution in [0.2, 0.25) is 0 Å². The average molecular weight is 414 g/mol. The number of nitrogens with zero attached hydrogens (tertiary/aromatic N) is 1. The molecular formula is C25H27F3NO+. The van der Waals surface area contributed by atoms with Crippen LogP contribution in [0.1, 0.15) is 29.2 Å². The van der Waals surface area contributed by atoms with Gasteiger partial charge in [0, 0.05) is 12.0 Å². The zero-order valence-electron chi connectivity index (χ0n) is 17.3. The fraction of sp³-hybridized carbons (Fsp3) is 0.280. The molecule has 0 aliphatic carbocycles. The predicted molar refractivity (Wildman–Crippen MR) is 113 cm³/mol. The first kappa shape index (κ1) is 21.9. The first-order valence-electron chi connectivity index (χ1n) is 9.98. The number of rotatable bonds is 8. The smallest absolute Gasteiger partial charge is 0.416 e. The molecule has 1 atom stereocenters. The summed E-state index contributed by atoms with van der Waals surface area (Å²) in [5, 5.41) is 0. The molecule has 0 fully saturated rings. The molecule has 0 N–H and O–H groups in total. The lowest BCUT2D eigenvalue weighted by Gasteiger charge is -2.32. The Hall–Kier alpha value is -2.79. The zero-order chi connectivity index (χ0) is 21.6. The lowest BCUT2D eigenvalue weighted by molar-refractivity contribution is -0.904. The van der Waals surface area contributed by atoms with E-state index in [1.807, 2.05) is 48.5 Å². The number of hydrogen-bond acceptors (Lipinski definition) is 1. The summed E-state index contributed by atoms with van der Waals surface area (Å²) in [6, 6.07) is 25.0. The molecule has 0 aromatic heterocycles. The summed E-state index contributed by atoms with van der Waals surface area (Å²) >= 11 is 0. The minimum Gasteiger partial charge on any atom is -0.486 e. The molecule has 0 aliphatic heterocycles. The number of quaternary nitrogens is 1. The molecule has 1 unspecified atom stereocenters. The maximum absolute atomic E-state index is 12.8.